The van der Waals surface area contributed by atoms with Gasteiger partial charge in [-0.15, -0.1) is 0 Å². The molecule has 0 bridgehead atoms. The third kappa shape index (κ3) is 22.6. The molecule has 404 valence electrons. The fourth-order valence-corrected chi connectivity index (χ4v) is 12.1. The smallest absolute Gasteiger partial charge is 0.487 e. The maximum atomic E-state index is 11.5. The van der Waals surface area contributed by atoms with E-state index in [2.05, 4.69) is 69.2 Å². The molecule has 0 saturated carbocycles. The molecule has 10 nitrogen and oxygen atoms in total. The van der Waals surface area contributed by atoms with Gasteiger partial charge in [-0.25, -0.2) is 9.13 Å². The predicted octanol–water partition coefficient (Wildman–Crippen LogP) is 14.2. The van der Waals surface area contributed by atoms with Gasteiger partial charge in [0.2, 0.25) is 0 Å². The van der Waals surface area contributed by atoms with E-state index in [-0.39, 0.29) is 40.8 Å². The molecule has 0 radical (unpaired) electrons. The van der Waals surface area contributed by atoms with Crippen LogP contribution in [0.2, 0.25) is 0 Å². The van der Waals surface area contributed by atoms with E-state index in [4.69, 9.17) is 18.5 Å². The fraction of sp³-hybridized carbons (Fsp3) is 0.793. The first kappa shape index (κ1) is 66.1. The summed E-state index contributed by atoms with van der Waals surface area (Å²) in [5.74, 6) is 7.18. The Labute approximate surface area is 455 Å². The molecule has 0 spiro atoms. The molecule has 13 heteroatoms. The number of rotatable bonds is 28. The maximum Gasteiger partial charge on any atom is 1.00 e. The summed E-state index contributed by atoms with van der Waals surface area (Å²) in [4.78, 5) is 37.3. The van der Waals surface area contributed by atoms with Crippen LogP contribution in [0.4, 0.5) is 0 Å². The zero-order valence-corrected chi connectivity index (χ0v) is 51.9. The van der Waals surface area contributed by atoms with E-state index in [0.29, 0.717) is 11.5 Å². The quantitative estimate of drug-likeness (QED) is 0.0479. The molecule has 71 heavy (non-hydrogen) atoms. The standard InChI is InChI=1S/2C29H51O5P.Na/c2*1-20(2)12-9-13-21(3)14-10-15-22(4)16-11-18-29(8)19-17-26-25(7)27(34-35(30,31)32)23(5)24(6)28(26)33-29;/h2*20-22H,9-19H2,1-8H3,(H2,30,31,32);/q;;+1. The zero-order chi connectivity index (χ0) is 52.8. The van der Waals surface area contributed by atoms with E-state index >= 15 is 0 Å². The summed E-state index contributed by atoms with van der Waals surface area (Å²) in [7, 11) is -9.22. The second kappa shape index (κ2) is 30.0. The summed E-state index contributed by atoms with van der Waals surface area (Å²) in [6, 6.07) is 0. The molecular formula is C58H102NaO10P2+. The van der Waals surface area contributed by atoms with E-state index in [0.717, 1.165) is 143 Å². The van der Waals surface area contributed by atoms with Crippen LogP contribution in [-0.4, -0.2) is 30.8 Å². The van der Waals surface area contributed by atoms with E-state index in [1.165, 1.54) is 89.9 Å². The predicted molar refractivity (Wildman–Crippen MR) is 291 cm³/mol. The first-order chi connectivity index (χ1) is 32.4. The topological polar surface area (TPSA) is 152 Å². The zero-order valence-electron chi connectivity index (χ0n) is 48.2. The molecule has 0 saturated heterocycles. The normalized spacial score (nSPS) is 19.6. The Morgan fingerprint density at radius 2 is 0.718 bits per heavy atom. The summed E-state index contributed by atoms with van der Waals surface area (Å²) < 4.78 is 46.2. The van der Waals surface area contributed by atoms with Gasteiger partial charge in [0, 0.05) is 11.1 Å². The largest absolute Gasteiger partial charge is 1.00 e. The van der Waals surface area contributed by atoms with Gasteiger partial charge in [0.15, 0.2) is 0 Å². The van der Waals surface area contributed by atoms with Gasteiger partial charge in [0.05, 0.1) is 0 Å². The van der Waals surface area contributed by atoms with Crippen molar-refractivity contribution in [3.63, 3.8) is 0 Å². The van der Waals surface area contributed by atoms with Crippen LogP contribution in [0.3, 0.4) is 0 Å². The molecule has 2 aliphatic rings. The van der Waals surface area contributed by atoms with Crippen LogP contribution >= 0.6 is 15.6 Å². The minimum absolute atomic E-state index is 0. The van der Waals surface area contributed by atoms with Crippen LogP contribution in [0.15, 0.2) is 0 Å². The molecule has 6 atom stereocenters. The minimum atomic E-state index is -4.61. The molecule has 6 unspecified atom stereocenters. The van der Waals surface area contributed by atoms with E-state index in [9.17, 15) is 28.7 Å². The number of phosphoric acid groups is 2. The first-order valence-electron chi connectivity index (χ1n) is 27.6. The van der Waals surface area contributed by atoms with Crippen molar-refractivity contribution in [2.24, 2.45) is 35.5 Å². The van der Waals surface area contributed by atoms with E-state index in [1.54, 1.807) is 0 Å². The molecule has 2 heterocycles. The third-order valence-electron chi connectivity index (χ3n) is 16.1. The third-order valence-corrected chi connectivity index (χ3v) is 16.9. The average Bonchev–Trinajstić information content (AvgIpc) is 3.24. The van der Waals surface area contributed by atoms with Crippen molar-refractivity contribution >= 4 is 15.6 Å². The number of fused-ring (bicyclic) bond motifs is 2. The van der Waals surface area contributed by atoms with Crippen molar-refractivity contribution in [1.29, 1.82) is 0 Å². The van der Waals surface area contributed by atoms with Crippen LogP contribution in [0.1, 0.15) is 242 Å². The minimum Gasteiger partial charge on any atom is -0.487 e. The van der Waals surface area contributed by atoms with Crippen molar-refractivity contribution in [3.8, 4) is 23.0 Å². The van der Waals surface area contributed by atoms with Gasteiger partial charge in [-0.2, -0.15) is 0 Å². The van der Waals surface area contributed by atoms with E-state index in [1.807, 2.05) is 41.5 Å². The number of hydrogen-bond donors (Lipinski definition) is 4. The van der Waals surface area contributed by atoms with Crippen LogP contribution in [0.5, 0.6) is 23.0 Å². The monoisotopic (exact) mass is 1040 g/mol. The molecule has 4 N–H and O–H groups in total. The van der Waals surface area contributed by atoms with Crippen LogP contribution in [0, 0.1) is 77.0 Å². The molecule has 4 rings (SSSR count). The summed E-state index contributed by atoms with van der Waals surface area (Å²) in [6.45, 7) is 34.6. The van der Waals surface area contributed by atoms with Crippen molar-refractivity contribution in [2.45, 2.75) is 263 Å². The van der Waals surface area contributed by atoms with Crippen LogP contribution in [0.25, 0.3) is 0 Å². The second-order valence-corrected chi connectivity index (χ2v) is 26.3. The Bertz CT molecular complexity index is 1900. The molecule has 0 aromatic heterocycles. The molecule has 0 aliphatic carbocycles. The van der Waals surface area contributed by atoms with Crippen molar-refractivity contribution in [1.82, 2.24) is 0 Å². The van der Waals surface area contributed by atoms with Gasteiger partial charge in [0.1, 0.15) is 34.2 Å². The summed E-state index contributed by atoms with van der Waals surface area (Å²) in [5.41, 5.74) is 6.49. The van der Waals surface area contributed by atoms with Crippen molar-refractivity contribution < 1.29 is 76.8 Å². The molecular weight excluding hydrogens is 942 g/mol. The first-order valence-corrected chi connectivity index (χ1v) is 30.6. The molecule has 2 aromatic carbocycles. The molecule has 2 aromatic rings. The number of ether oxygens (including phenoxy) is 2. The summed E-state index contributed by atoms with van der Waals surface area (Å²) >= 11 is 0. The number of phosphoric ester groups is 2. The van der Waals surface area contributed by atoms with Crippen molar-refractivity contribution in [3.05, 3.63) is 44.5 Å². The van der Waals surface area contributed by atoms with Gasteiger partial charge in [-0.05, 0) is 176 Å². The Morgan fingerprint density at radius 3 is 0.986 bits per heavy atom. The SMILES string of the molecule is Cc1c(C)c2c(c(C)c1OP(=O)(O)O)CCC(C)(CCCC(C)CCCC(C)CCCC(C)C)O2.Cc1c(C)c2c(c(C)c1OP(=O)(O)O)CCC(C)(CCCC(C)CCCC(C)CCCC(C)C)O2.[Na+]. The average molecular weight is 1040 g/mol. The Hall–Kier alpha value is -1.06. The molecule has 0 fully saturated rings. The van der Waals surface area contributed by atoms with Gasteiger partial charge >= 0.3 is 45.2 Å². The Kier molecular flexibility index (Phi) is 27.9. The van der Waals surface area contributed by atoms with Crippen molar-refractivity contribution in [2.75, 3.05) is 0 Å². The van der Waals surface area contributed by atoms with Gasteiger partial charge < -0.3 is 18.5 Å². The van der Waals surface area contributed by atoms with Gasteiger partial charge in [-0.1, -0.05) is 145 Å². The maximum absolute atomic E-state index is 11.5. The Balaban J connectivity index is 0.000000480. The Morgan fingerprint density at radius 1 is 0.451 bits per heavy atom. The van der Waals surface area contributed by atoms with Crippen LogP contribution in [-0.2, 0) is 22.0 Å². The number of benzene rings is 2. The van der Waals surface area contributed by atoms with Gasteiger partial charge in [-0.3, -0.25) is 19.6 Å². The van der Waals surface area contributed by atoms with Crippen LogP contribution < -0.4 is 48.1 Å². The van der Waals surface area contributed by atoms with Gasteiger partial charge in [0.25, 0.3) is 0 Å². The summed E-state index contributed by atoms with van der Waals surface area (Å²) in [5, 5.41) is 0. The molecule has 2 aliphatic heterocycles. The second-order valence-electron chi connectivity index (χ2n) is 24.0. The number of hydrogen-bond acceptors (Lipinski definition) is 6. The molecule has 0 amide bonds. The summed E-state index contributed by atoms with van der Waals surface area (Å²) in [6.07, 6.45) is 26.5. The fourth-order valence-electron chi connectivity index (χ4n) is 11.0. The van der Waals surface area contributed by atoms with E-state index < -0.39 is 15.6 Å².